The maximum Gasteiger partial charge on any atom is 0.394 e. The SMILES string of the molecule is CC(C)(C)Cc1nc2cc(C(C)(C)C)c[c-]c2c2nc3ccccn3c12.CC(C)(C)c1c[c-]c2c(c1)nc(-c1ccccc1)c1c2nc2ccccn21.CC(C)(C)c1c[c-]c2c(c1)nc(C(C)(C)C)c1c2nc2ccccn21.CC(C)(C)c1c[c-]c2c(c1)nc(CC(F)(F)F)c1c2nc2ccccn21.[Ir].[Ir].[Ir].[Ir]. The van der Waals surface area contributed by atoms with Gasteiger partial charge in [0.15, 0.2) is 0 Å². The van der Waals surface area contributed by atoms with Crippen molar-refractivity contribution in [3.63, 3.8) is 0 Å². The van der Waals surface area contributed by atoms with E-state index in [0.29, 0.717) is 27.6 Å². The standard InChI is InChI=1S/C24H20N3.C23H26N3.C22H24N3.C20H17F3N3.4Ir/c1-24(2,3)17-12-13-18-19(15-17)25-21(16-9-5-4-6-10-16)23-22(18)26-20-11-7-8-14-27(20)23;1-22(2,3)14-18-21-20(25-19-9-7-8-12-26(19)21)16-11-10-15(23(4,5)6)13-17(16)24-18;1-21(2,3)14-10-11-15-16(13-14)23-20(22(4,5)6)19-18(15)24-17-9-7-8-12-25(17)19;1-19(2,3)12-7-8-13-14(10-12)24-15(11-20(21,22)23)18-17(13)25-16-6-4-5-9-26(16)18;;;;/h4-12,14-15H,1-3H3;7-10,12-13H,14H2,1-6H3;7-10,12-13H,1-6H3;4-7,9-10H,11H2,1-3H3;;;;/q4*-1;;;;. The quantitative estimate of drug-likeness (QED) is 0.160. The van der Waals surface area contributed by atoms with E-state index in [9.17, 15) is 13.2 Å². The molecule has 0 aliphatic rings. The Hall–Kier alpha value is -8.07. The van der Waals surface area contributed by atoms with E-state index in [0.717, 1.165) is 117 Å². The Bertz CT molecular complexity index is 6010. The van der Waals surface area contributed by atoms with Crippen molar-refractivity contribution in [2.45, 2.75) is 171 Å². The first-order chi connectivity index (χ1) is 48.9. The van der Waals surface area contributed by atoms with Gasteiger partial charge in [-0.1, -0.05) is 201 Å². The van der Waals surface area contributed by atoms with Gasteiger partial charge in [0.25, 0.3) is 0 Å². The Morgan fingerprint density at radius 1 is 0.315 bits per heavy atom. The summed E-state index contributed by atoms with van der Waals surface area (Å²) in [6, 6.07) is 64.2. The van der Waals surface area contributed by atoms with E-state index >= 15 is 0 Å². The smallest absolute Gasteiger partial charge is 0.307 e. The number of hydrogen-bond acceptors (Lipinski definition) is 8. The summed E-state index contributed by atoms with van der Waals surface area (Å²) < 4.78 is 47.6. The molecule has 5 aromatic carbocycles. The molecule has 0 aliphatic heterocycles. The summed E-state index contributed by atoms with van der Waals surface area (Å²) in [5, 5.41) is 3.62. The third kappa shape index (κ3) is 16.5. The van der Waals surface area contributed by atoms with Gasteiger partial charge in [0.1, 0.15) is 22.6 Å². The zero-order chi connectivity index (χ0) is 74.0. The molecular weight excluding hydrogens is 2060 g/mol. The van der Waals surface area contributed by atoms with E-state index in [-0.39, 0.29) is 119 Å². The van der Waals surface area contributed by atoms with Crippen molar-refractivity contribution in [1.29, 1.82) is 0 Å². The molecule has 12 nitrogen and oxygen atoms in total. The molecule has 0 saturated heterocycles. The van der Waals surface area contributed by atoms with Crippen molar-refractivity contribution in [2.75, 3.05) is 0 Å². The normalized spacial score (nSPS) is 12.5. The van der Waals surface area contributed by atoms with E-state index in [1.165, 1.54) is 16.7 Å². The topological polar surface area (TPSA) is 121 Å². The van der Waals surface area contributed by atoms with Crippen LogP contribution in [0.1, 0.15) is 164 Å². The van der Waals surface area contributed by atoms with Crippen LogP contribution in [0.3, 0.4) is 0 Å². The minimum Gasteiger partial charge on any atom is -0.307 e. The summed E-state index contributed by atoms with van der Waals surface area (Å²) in [6.45, 7) is 39.5. The molecule has 0 atom stereocenters. The van der Waals surface area contributed by atoms with Crippen molar-refractivity contribution >= 4 is 110 Å². The second kappa shape index (κ2) is 30.7. The van der Waals surface area contributed by atoms with E-state index in [4.69, 9.17) is 29.9 Å². The number of nitrogens with zero attached hydrogens (tertiary/aromatic N) is 12. The van der Waals surface area contributed by atoms with Crippen LogP contribution in [0.25, 0.3) is 122 Å². The van der Waals surface area contributed by atoms with Gasteiger partial charge in [0, 0.05) is 144 Å². The van der Waals surface area contributed by atoms with Gasteiger partial charge in [-0.15, -0.1) is 95.1 Å². The zero-order valence-corrected chi connectivity index (χ0v) is 73.6. The number of halogens is 3. The summed E-state index contributed by atoms with van der Waals surface area (Å²) in [7, 11) is 0. The summed E-state index contributed by atoms with van der Waals surface area (Å²) >= 11 is 0. The second-order valence-electron chi connectivity index (χ2n) is 33.7. The molecule has 0 saturated carbocycles. The van der Waals surface area contributed by atoms with Crippen molar-refractivity contribution in [2.24, 2.45) is 5.41 Å². The van der Waals surface area contributed by atoms with Crippen molar-refractivity contribution < 1.29 is 93.6 Å². The van der Waals surface area contributed by atoms with Gasteiger partial charge in [-0.05, 0) is 104 Å². The predicted molar refractivity (Wildman–Crippen MR) is 419 cm³/mol. The number of pyridine rings is 8. The van der Waals surface area contributed by atoms with Gasteiger partial charge >= 0.3 is 6.18 Å². The van der Waals surface area contributed by atoms with Crippen LogP contribution < -0.4 is 0 Å². The molecule has 19 heteroatoms. The van der Waals surface area contributed by atoms with E-state index in [1.54, 1.807) is 22.7 Å². The summed E-state index contributed by atoms with van der Waals surface area (Å²) in [5.41, 5.74) is 22.9. The Labute approximate surface area is 683 Å². The van der Waals surface area contributed by atoms with Crippen LogP contribution in [0.4, 0.5) is 13.2 Å². The summed E-state index contributed by atoms with van der Waals surface area (Å²) in [6.07, 6.45) is 3.36. The van der Waals surface area contributed by atoms with Crippen LogP contribution in [-0.2, 0) is 120 Å². The molecule has 0 spiro atoms. The molecule has 4 radical (unpaired) electrons. The van der Waals surface area contributed by atoms with E-state index in [1.807, 2.05) is 112 Å². The second-order valence-corrected chi connectivity index (χ2v) is 33.7. The largest absolute Gasteiger partial charge is 0.394 e. The fourth-order valence-corrected chi connectivity index (χ4v) is 13.5. The third-order valence-corrected chi connectivity index (χ3v) is 19.0. The van der Waals surface area contributed by atoms with Crippen LogP contribution in [0.15, 0.2) is 176 Å². The Morgan fingerprint density at radius 2 is 0.611 bits per heavy atom. The molecular formula is C89H87F3Ir4N12-4. The Balaban J connectivity index is 0.000000152. The van der Waals surface area contributed by atoms with Crippen LogP contribution in [0.2, 0.25) is 0 Å². The van der Waals surface area contributed by atoms with Crippen LogP contribution in [-0.4, -0.2) is 63.7 Å². The van der Waals surface area contributed by atoms with Crippen molar-refractivity contribution in [3.8, 4) is 11.3 Å². The third-order valence-electron chi connectivity index (χ3n) is 19.0. The first-order valence-corrected chi connectivity index (χ1v) is 35.6. The molecule has 0 unspecified atom stereocenters. The van der Waals surface area contributed by atoms with Crippen LogP contribution in [0.5, 0.6) is 0 Å². The minimum absolute atomic E-state index is 0. The van der Waals surface area contributed by atoms with Crippen molar-refractivity contribution in [1.82, 2.24) is 57.5 Å². The number of alkyl halides is 3. The number of aromatic nitrogens is 12. The van der Waals surface area contributed by atoms with Gasteiger partial charge in [-0.2, -0.15) is 13.2 Å². The number of rotatable bonds is 3. The van der Waals surface area contributed by atoms with Gasteiger partial charge < -0.3 is 32.6 Å². The van der Waals surface area contributed by atoms with Gasteiger partial charge in [-0.3, -0.25) is 24.9 Å². The molecule has 17 rings (SSSR count). The number of fused-ring (bicyclic) bond motifs is 20. The summed E-state index contributed by atoms with van der Waals surface area (Å²) in [4.78, 5) is 38.9. The fraction of sp³-hybridized carbons (Fsp3) is 0.303. The van der Waals surface area contributed by atoms with Gasteiger partial charge in [0.2, 0.25) is 0 Å². The van der Waals surface area contributed by atoms with Crippen LogP contribution in [0, 0.1) is 29.7 Å². The molecule has 0 N–H and O–H groups in total. The molecule has 0 bridgehead atoms. The number of imidazole rings is 4. The molecule has 0 amide bonds. The monoisotopic (exact) mass is 2150 g/mol. The average molecular weight is 2150 g/mol. The molecule has 0 aliphatic carbocycles. The number of hydrogen-bond donors (Lipinski definition) is 0. The van der Waals surface area contributed by atoms with Gasteiger partial charge in [-0.25, -0.2) is 0 Å². The Morgan fingerprint density at radius 3 is 0.944 bits per heavy atom. The predicted octanol–water partition coefficient (Wildman–Crippen LogP) is 22.2. The zero-order valence-electron chi connectivity index (χ0n) is 64.0. The Kier molecular flexibility index (Phi) is 23.4. The van der Waals surface area contributed by atoms with Crippen LogP contribution >= 0.6 is 0 Å². The fourth-order valence-electron chi connectivity index (χ4n) is 13.5. The van der Waals surface area contributed by atoms with Crippen molar-refractivity contribution in [3.05, 3.63) is 240 Å². The molecule has 108 heavy (non-hydrogen) atoms. The molecule has 12 heterocycles. The van der Waals surface area contributed by atoms with Gasteiger partial charge in [0.05, 0.1) is 45.6 Å². The van der Waals surface area contributed by atoms with E-state index in [2.05, 4.69) is 218 Å². The molecule has 564 valence electrons. The molecule has 17 aromatic rings. The molecule has 12 aromatic heterocycles. The first kappa shape index (κ1) is 82.4. The summed E-state index contributed by atoms with van der Waals surface area (Å²) in [5.74, 6) is 0. The maximum atomic E-state index is 13.2. The maximum absolute atomic E-state index is 13.2. The molecule has 0 fully saturated rings. The van der Waals surface area contributed by atoms with E-state index < -0.39 is 12.6 Å². The minimum atomic E-state index is -4.35. The first-order valence-electron chi connectivity index (χ1n) is 35.6. The number of benzene rings is 5. The average Bonchev–Trinajstić information content (AvgIpc) is 1.56.